The zero-order chi connectivity index (χ0) is 16.9. The first kappa shape index (κ1) is 20.1. The second kappa shape index (κ2) is 9.47. The predicted octanol–water partition coefficient (Wildman–Crippen LogP) is 3.73. The highest BCUT2D eigenvalue weighted by Gasteiger charge is 2.40. The average Bonchev–Trinajstić information content (AvgIpc) is 3.20. The van der Waals surface area contributed by atoms with E-state index in [0.717, 1.165) is 42.3 Å². The smallest absolute Gasteiger partial charge is 0.191 e. The number of benzene rings is 1. The van der Waals surface area contributed by atoms with Crippen molar-refractivity contribution in [1.82, 2.24) is 15.6 Å². The number of rotatable bonds is 6. The van der Waals surface area contributed by atoms with Crippen molar-refractivity contribution < 1.29 is 4.39 Å². The van der Waals surface area contributed by atoms with Gasteiger partial charge >= 0.3 is 0 Å². The van der Waals surface area contributed by atoms with Gasteiger partial charge in [-0.15, -0.1) is 35.3 Å². The summed E-state index contributed by atoms with van der Waals surface area (Å²) in [6.07, 6.45) is 4.81. The molecule has 0 radical (unpaired) electrons. The van der Waals surface area contributed by atoms with Crippen molar-refractivity contribution in [3.05, 3.63) is 51.7 Å². The third kappa shape index (κ3) is 5.37. The largest absolute Gasteiger partial charge is 0.356 e. The summed E-state index contributed by atoms with van der Waals surface area (Å²) in [5.41, 5.74) is 0.792. The van der Waals surface area contributed by atoms with Gasteiger partial charge < -0.3 is 10.6 Å². The van der Waals surface area contributed by atoms with Gasteiger partial charge in [-0.05, 0) is 24.5 Å². The molecule has 2 atom stereocenters. The minimum atomic E-state index is -0.120. The molecule has 0 aliphatic heterocycles. The van der Waals surface area contributed by atoms with Crippen LogP contribution in [0, 0.1) is 5.82 Å². The molecule has 1 saturated carbocycles. The van der Waals surface area contributed by atoms with Gasteiger partial charge in [0.1, 0.15) is 5.82 Å². The summed E-state index contributed by atoms with van der Waals surface area (Å²) in [6.45, 7) is 2.93. The molecule has 0 amide bonds. The summed E-state index contributed by atoms with van der Waals surface area (Å²) >= 11 is 1.76. The second-order valence-corrected chi connectivity index (χ2v) is 7.14. The molecule has 25 heavy (non-hydrogen) atoms. The number of hydrogen-bond donors (Lipinski definition) is 2. The second-order valence-electron chi connectivity index (χ2n) is 5.94. The van der Waals surface area contributed by atoms with Crippen molar-refractivity contribution in [3.63, 3.8) is 0 Å². The molecule has 3 rings (SSSR count). The van der Waals surface area contributed by atoms with Gasteiger partial charge in [-0.3, -0.25) is 4.99 Å². The Bertz CT molecular complexity index is 719. The van der Waals surface area contributed by atoms with E-state index in [2.05, 4.69) is 27.5 Å². The Kier molecular flexibility index (Phi) is 7.61. The molecule has 1 aliphatic carbocycles. The highest BCUT2D eigenvalue weighted by Crippen LogP contribution is 2.41. The molecule has 0 spiro atoms. The molecule has 1 aromatic carbocycles. The molecule has 4 nitrogen and oxygen atoms in total. The Balaban J connectivity index is 0.00000225. The Morgan fingerprint density at radius 1 is 1.40 bits per heavy atom. The molecule has 1 aromatic heterocycles. The third-order valence-electron chi connectivity index (χ3n) is 4.22. The molecule has 1 heterocycles. The number of nitrogens with zero attached hydrogens (tertiary/aromatic N) is 2. The summed E-state index contributed by atoms with van der Waals surface area (Å²) in [4.78, 5) is 9.99. The van der Waals surface area contributed by atoms with Crippen molar-refractivity contribution >= 4 is 41.3 Å². The lowest BCUT2D eigenvalue weighted by atomic mass is 10.1. The normalized spacial score (nSPS) is 19.2. The number of hydrogen-bond acceptors (Lipinski definition) is 3. The van der Waals surface area contributed by atoms with Crippen LogP contribution in [-0.4, -0.2) is 30.6 Å². The van der Waals surface area contributed by atoms with E-state index in [9.17, 15) is 4.39 Å². The van der Waals surface area contributed by atoms with Crippen molar-refractivity contribution in [1.29, 1.82) is 0 Å². The fourth-order valence-electron chi connectivity index (χ4n) is 2.76. The minimum absolute atomic E-state index is 0. The Labute approximate surface area is 169 Å². The number of aryl methyl sites for hydroxylation is 1. The van der Waals surface area contributed by atoms with Crippen LogP contribution in [0.3, 0.4) is 0 Å². The van der Waals surface area contributed by atoms with Gasteiger partial charge in [0, 0.05) is 43.0 Å². The van der Waals surface area contributed by atoms with Gasteiger partial charge in [0.2, 0.25) is 0 Å². The highest BCUT2D eigenvalue weighted by atomic mass is 127. The molecule has 0 bridgehead atoms. The molecule has 1 fully saturated rings. The Morgan fingerprint density at radius 2 is 2.20 bits per heavy atom. The van der Waals surface area contributed by atoms with E-state index in [-0.39, 0.29) is 41.8 Å². The number of halogens is 2. The molecule has 2 aromatic rings. The number of thiazole rings is 1. The van der Waals surface area contributed by atoms with Crippen LogP contribution >= 0.6 is 35.3 Å². The van der Waals surface area contributed by atoms with Gasteiger partial charge in [0.25, 0.3) is 0 Å². The van der Waals surface area contributed by atoms with Crippen LogP contribution in [-0.2, 0) is 12.8 Å². The molecular formula is C18H24FIN4S. The maximum atomic E-state index is 13.8. The SMILES string of the molecule is CCc1cnc(CCNC(=NC)NC2CC2c2ccccc2F)s1.I. The highest BCUT2D eigenvalue weighted by molar-refractivity contribution is 14.0. The maximum absolute atomic E-state index is 13.8. The lowest BCUT2D eigenvalue weighted by Gasteiger charge is -2.11. The number of aromatic nitrogens is 1. The molecule has 2 unspecified atom stereocenters. The van der Waals surface area contributed by atoms with Crippen molar-refractivity contribution in [2.45, 2.75) is 38.1 Å². The van der Waals surface area contributed by atoms with E-state index in [4.69, 9.17) is 0 Å². The van der Waals surface area contributed by atoms with Crippen molar-refractivity contribution in [2.24, 2.45) is 4.99 Å². The van der Waals surface area contributed by atoms with E-state index >= 15 is 0 Å². The van der Waals surface area contributed by atoms with E-state index in [1.165, 1.54) is 10.9 Å². The van der Waals surface area contributed by atoms with Gasteiger partial charge in [0.05, 0.1) is 5.01 Å². The Morgan fingerprint density at radius 3 is 2.88 bits per heavy atom. The van der Waals surface area contributed by atoms with Crippen molar-refractivity contribution in [2.75, 3.05) is 13.6 Å². The fraction of sp³-hybridized carbons (Fsp3) is 0.444. The monoisotopic (exact) mass is 474 g/mol. The van der Waals surface area contributed by atoms with Crippen LogP contribution in [0.1, 0.15) is 34.7 Å². The van der Waals surface area contributed by atoms with Crippen LogP contribution < -0.4 is 10.6 Å². The van der Waals surface area contributed by atoms with Crippen LogP contribution in [0.2, 0.25) is 0 Å². The molecule has 1 aliphatic rings. The van der Waals surface area contributed by atoms with Crippen LogP contribution in [0.25, 0.3) is 0 Å². The quantitative estimate of drug-likeness (QED) is 0.381. The summed E-state index contributed by atoms with van der Waals surface area (Å²) < 4.78 is 13.8. The first-order valence-electron chi connectivity index (χ1n) is 8.36. The summed E-state index contributed by atoms with van der Waals surface area (Å²) in [5.74, 6) is 0.882. The van der Waals surface area contributed by atoms with E-state index in [1.54, 1.807) is 24.5 Å². The van der Waals surface area contributed by atoms with Crippen LogP contribution in [0.15, 0.2) is 35.5 Å². The zero-order valence-corrected chi connectivity index (χ0v) is 17.6. The van der Waals surface area contributed by atoms with E-state index < -0.39 is 0 Å². The molecule has 0 saturated heterocycles. The average molecular weight is 474 g/mol. The topological polar surface area (TPSA) is 49.3 Å². The van der Waals surface area contributed by atoms with Gasteiger partial charge in [0.15, 0.2) is 5.96 Å². The number of aliphatic imine (C=N–C) groups is 1. The maximum Gasteiger partial charge on any atom is 0.191 e. The Hall–Kier alpha value is -1.22. The molecule has 2 N–H and O–H groups in total. The first-order valence-corrected chi connectivity index (χ1v) is 9.18. The number of nitrogens with one attached hydrogen (secondary N) is 2. The van der Waals surface area contributed by atoms with Crippen molar-refractivity contribution in [3.8, 4) is 0 Å². The summed E-state index contributed by atoms with van der Waals surface area (Å²) in [5, 5.41) is 7.83. The first-order chi connectivity index (χ1) is 11.7. The van der Waals surface area contributed by atoms with Gasteiger partial charge in [-0.2, -0.15) is 0 Å². The third-order valence-corrected chi connectivity index (χ3v) is 5.42. The van der Waals surface area contributed by atoms with Crippen LogP contribution in [0.4, 0.5) is 4.39 Å². The predicted molar refractivity (Wildman–Crippen MR) is 113 cm³/mol. The van der Waals surface area contributed by atoms with E-state index in [0.29, 0.717) is 0 Å². The molecule has 136 valence electrons. The zero-order valence-electron chi connectivity index (χ0n) is 14.5. The number of guanidine groups is 1. The molecular weight excluding hydrogens is 450 g/mol. The summed E-state index contributed by atoms with van der Waals surface area (Å²) in [7, 11) is 1.76. The molecule has 7 heteroatoms. The fourth-order valence-corrected chi connectivity index (χ4v) is 3.62. The van der Waals surface area contributed by atoms with Gasteiger partial charge in [-0.25, -0.2) is 9.37 Å². The lowest BCUT2D eigenvalue weighted by molar-refractivity contribution is 0.607. The lowest BCUT2D eigenvalue weighted by Crippen LogP contribution is -2.39. The van der Waals surface area contributed by atoms with Gasteiger partial charge in [-0.1, -0.05) is 25.1 Å². The summed E-state index contributed by atoms with van der Waals surface area (Å²) in [6, 6.07) is 7.26. The van der Waals surface area contributed by atoms with Crippen LogP contribution in [0.5, 0.6) is 0 Å². The minimum Gasteiger partial charge on any atom is -0.356 e. The standard InChI is InChI=1S/C18H23FN4S.HI/c1-3-12-11-22-17(24-12)8-9-21-18(20-2)23-16-10-14(16)13-6-4-5-7-15(13)19;/h4-7,11,14,16H,3,8-10H2,1-2H3,(H2,20,21,23);1H. The van der Waals surface area contributed by atoms with E-state index in [1.807, 2.05) is 18.3 Å².